The predicted octanol–water partition coefficient (Wildman–Crippen LogP) is 1.76. The highest BCUT2D eigenvalue weighted by molar-refractivity contribution is 7.89. The molecular formula is C13H19FN2O2S. The molecule has 0 aliphatic heterocycles. The maximum absolute atomic E-state index is 13.3. The van der Waals surface area contributed by atoms with Crippen LogP contribution in [-0.2, 0) is 16.6 Å². The number of benzene rings is 1. The summed E-state index contributed by atoms with van der Waals surface area (Å²) in [4.78, 5) is 0.0225. The van der Waals surface area contributed by atoms with E-state index >= 15 is 0 Å². The largest absolute Gasteiger partial charge is 0.310 e. The Labute approximate surface area is 113 Å². The van der Waals surface area contributed by atoms with Gasteiger partial charge >= 0.3 is 0 Å². The lowest BCUT2D eigenvalue weighted by Gasteiger charge is -2.14. The molecule has 2 rings (SSSR count). The summed E-state index contributed by atoms with van der Waals surface area (Å²) in [7, 11) is -3.67. The molecule has 0 radical (unpaired) electrons. The van der Waals surface area contributed by atoms with E-state index in [1.807, 2.05) is 0 Å². The minimum atomic E-state index is -3.67. The second-order valence-corrected chi connectivity index (χ2v) is 6.87. The van der Waals surface area contributed by atoms with Crippen LogP contribution in [0.2, 0.25) is 0 Å². The molecule has 6 heteroatoms. The van der Waals surface area contributed by atoms with Crippen molar-refractivity contribution in [3.63, 3.8) is 0 Å². The molecule has 1 saturated carbocycles. The van der Waals surface area contributed by atoms with Crippen molar-refractivity contribution in [3.8, 4) is 0 Å². The van der Waals surface area contributed by atoms with Gasteiger partial charge in [-0.25, -0.2) is 17.5 Å². The number of nitrogens with one attached hydrogen (secondary N) is 2. The molecule has 19 heavy (non-hydrogen) atoms. The van der Waals surface area contributed by atoms with Crippen molar-refractivity contribution in [1.29, 1.82) is 0 Å². The third-order valence-electron chi connectivity index (χ3n) is 2.87. The summed E-state index contributed by atoms with van der Waals surface area (Å²) in [6.07, 6.45) is 2.24. The van der Waals surface area contributed by atoms with E-state index in [0.717, 1.165) is 18.9 Å². The fourth-order valence-corrected chi connectivity index (χ4v) is 3.34. The molecule has 1 fully saturated rings. The van der Waals surface area contributed by atoms with Crippen molar-refractivity contribution < 1.29 is 12.8 Å². The van der Waals surface area contributed by atoms with Crippen molar-refractivity contribution in [2.24, 2.45) is 0 Å². The minimum absolute atomic E-state index is 0.0225. The zero-order valence-corrected chi connectivity index (χ0v) is 11.9. The lowest BCUT2D eigenvalue weighted by atomic mass is 10.2. The Hall–Kier alpha value is -0.980. The van der Waals surface area contributed by atoms with Crippen LogP contribution in [0.15, 0.2) is 23.1 Å². The molecular weight excluding hydrogens is 267 g/mol. The highest BCUT2D eigenvalue weighted by atomic mass is 32.2. The van der Waals surface area contributed by atoms with Gasteiger partial charge in [0.1, 0.15) is 5.82 Å². The first kappa shape index (κ1) is 14.4. The van der Waals surface area contributed by atoms with E-state index in [1.54, 1.807) is 13.8 Å². The fourth-order valence-electron chi connectivity index (χ4n) is 1.84. The number of rotatable bonds is 6. The summed E-state index contributed by atoms with van der Waals surface area (Å²) in [6.45, 7) is 3.91. The van der Waals surface area contributed by atoms with Crippen LogP contribution in [0, 0.1) is 5.82 Å². The van der Waals surface area contributed by atoms with Crippen molar-refractivity contribution in [2.45, 2.75) is 50.2 Å². The Morgan fingerprint density at radius 1 is 1.37 bits per heavy atom. The van der Waals surface area contributed by atoms with Crippen LogP contribution in [0.25, 0.3) is 0 Å². The van der Waals surface area contributed by atoms with E-state index in [1.165, 1.54) is 12.1 Å². The molecule has 0 amide bonds. The van der Waals surface area contributed by atoms with Gasteiger partial charge in [-0.3, -0.25) is 0 Å². The zero-order chi connectivity index (χ0) is 14.0. The fraction of sp³-hybridized carbons (Fsp3) is 0.538. The topological polar surface area (TPSA) is 58.2 Å². The van der Waals surface area contributed by atoms with Crippen molar-refractivity contribution in [3.05, 3.63) is 29.6 Å². The van der Waals surface area contributed by atoms with Gasteiger partial charge in [-0.2, -0.15) is 0 Å². The summed E-state index contributed by atoms with van der Waals surface area (Å²) < 4.78 is 40.1. The molecule has 0 atom stereocenters. The third kappa shape index (κ3) is 3.99. The summed E-state index contributed by atoms with van der Waals surface area (Å²) in [5.74, 6) is -0.542. The van der Waals surface area contributed by atoms with Gasteiger partial charge in [0.05, 0.1) is 4.90 Å². The molecule has 0 spiro atoms. The molecule has 2 N–H and O–H groups in total. The van der Waals surface area contributed by atoms with Gasteiger partial charge in [0, 0.05) is 18.6 Å². The van der Waals surface area contributed by atoms with Crippen molar-refractivity contribution in [1.82, 2.24) is 10.0 Å². The molecule has 0 bridgehead atoms. The number of sulfonamides is 1. The molecule has 0 heterocycles. The SMILES string of the molecule is CC(C)NS(=O)(=O)c1cc(F)ccc1CNC1CC1. The lowest BCUT2D eigenvalue weighted by molar-refractivity contribution is 0.562. The Bertz CT molecular complexity index is 554. The number of halogens is 1. The highest BCUT2D eigenvalue weighted by Crippen LogP contribution is 2.22. The van der Waals surface area contributed by atoms with E-state index in [9.17, 15) is 12.8 Å². The molecule has 1 aliphatic carbocycles. The Kier molecular flexibility index (Phi) is 4.23. The quantitative estimate of drug-likeness (QED) is 0.838. The monoisotopic (exact) mass is 286 g/mol. The summed E-state index contributed by atoms with van der Waals surface area (Å²) in [5.41, 5.74) is 0.599. The van der Waals surface area contributed by atoms with Gasteiger partial charge in [0.15, 0.2) is 0 Å². The Morgan fingerprint density at radius 2 is 2.05 bits per heavy atom. The molecule has 0 unspecified atom stereocenters. The molecule has 0 saturated heterocycles. The maximum Gasteiger partial charge on any atom is 0.241 e. The first-order valence-electron chi connectivity index (χ1n) is 6.42. The van der Waals surface area contributed by atoms with E-state index in [-0.39, 0.29) is 10.9 Å². The smallest absolute Gasteiger partial charge is 0.241 e. The summed E-state index contributed by atoms with van der Waals surface area (Å²) in [5, 5.41) is 3.24. The lowest BCUT2D eigenvalue weighted by Crippen LogP contribution is -2.31. The van der Waals surface area contributed by atoms with Crippen LogP contribution in [0.4, 0.5) is 4.39 Å². The van der Waals surface area contributed by atoms with E-state index in [4.69, 9.17) is 0 Å². The molecule has 4 nitrogen and oxygen atoms in total. The number of hydrogen-bond acceptors (Lipinski definition) is 3. The normalized spacial score (nSPS) is 16.0. The van der Waals surface area contributed by atoms with Gasteiger partial charge in [-0.15, -0.1) is 0 Å². The van der Waals surface area contributed by atoms with Crippen LogP contribution in [0.3, 0.4) is 0 Å². The van der Waals surface area contributed by atoms with E-state index < -0.39 is 15.8 Å². The van der Waals surface area contributed by atoms with Crippen molar-refractivity contribution >= 4 is 10.0 Å². The summed E-state index contributed by atoms with van der Waals surface area (Å²) >= 11 is 0. The molecule has 106 valence electrons. The third-order valence-corrected chi connectivity index (χ3v) is 4.61. The van der Waals surface area contributed by atoms with Gasteiger partial charge in [0.25, 0.3) is 0 Å². The standard InChI is InChI=1S/C13H19FN2O2S/c1-9(2)16-19(17,18)13-7-11(14)4-3-10(13)8-15-12-5-6-12/h3-4,7,9,12,15-16H,5-6,8H2,1-2H3. The van der Waals surface area contributed by atoms with Gasteiger partial charge in [-0.1, -0.05) is 6.07 Å². The summed E-state index contributed by atoms with van der Waals surface area (Å²) in [6, 6.07) is 4.14. The highest BCUT2D eigenvalue weighted by Gasteiger charge is 2.23. The first-order chi connectivity index (χ1) is 8.88. The average Bonchev–Trinajstić information content (AvgIpc) is 3.09. The zero-order valence-electron chi connectivity index (χ0n) is 11.1. The van der Waals surface area contributed by atoms with Crippen LogP contribution in [-0.4, -0.2) is 20.5 Å². The maximum atomic E-state index is 13.3. The van der Waals surface area contributed by atoms with E-state index in [2.05, 4.69) is 10.0 Å². The minimum Gasteiger partial charge on any atom is -0.310 e. The van der Waals surface area contributed by atoms with Crippen LogP contribution in [0.1, 0.15) is 32.3 Å². The van der Waals surface area contributed by atoms with E-state index in [0.29, 0.717) is 18.2 Å². The number of hydrogen-bond donors (Lipinski definition) is 2. The average molecular weight is 286 g/mol. The van der Waals surface area contributed by atoms with Crippen LogP contribution >= 0.6 is 0 Å². The Morgan fingerprint density at radius 3 is 2.63 bits per heavy atom. The van der Waals surface area contributed by atoms with Gasteiger partial charge in [0.2, 0.25) is 10.0 Å². The molecule has 0 aromatic heterocycles. The van der Waals surface area contributed by atoms with Crippen molar-refractivity contribution in [2.75, 3.05) is 0 Å². The van der Waals surface area contributed by atoms with Crippen LogP contribution in [0.5, 0.6) is 0 Å². The molecule has 1 aliphatic rings. The molecule has 1 aromatic rings. The second kappa shape index (κ2) is 5.56. The second-order valence-electron chi connectivity index (χ2n) is 5.18. The first-order valence-corrected chi connectivity index (χ1v) is 7.91. The Balaban J connectivity index is 2.27. The van der Waals surface area contributed by atoms with Gasteiger partial charge < -0.3 is 5.32 Å². The predicted molar refractivity (Wildman–Crippen MR) is 71.7 cm³/mol. The van der Waals surface area contributed by atoms with Crippen LogP contribution < -0.4 is 10.0 Å². The van der Waals surface area contributed by atoms with Gasteiger partial charge in [-0.05, 0) is 44.4 Å². The molecule has 1 aromatic carbocycles.